The van der Waals surface area contributed by atoms with Crippen LogP contribution >= 0.6 is 15.9 Å². The van der Waals surface area contributed by atoms with E-state index in [1.54, 1.807) is 0 Å². The predicted octanol–water partition coefficient (Wildman–Crippen LogP) is 3.20. The Balaban J connectivity index is 1.77. The average Bonchev–Trinajstić information content (AvgIpc) is 2.36. The zero-order chi connectivity index (χ0) is 13.9. The van der Waals surface area contributed by atoms with E-state index in [1.807, 2.05) is 12.4 Å². The lowest BCUT2D eigenvalue weighted by Gasteiger charge is -2.41. The predicted molar refractivity (Wildman–Crippen MR) is 83.1 cm³/mol. The Labute approximate surface area is 124 Å². The van der Waals surface area contributed by atoms with Crippen LogP contribution in [0.2, 0.25) is 0 Å². The smallest absolute Gasteiger partial charge is 0.0410 e. The van der Waals surface area contributed by atoms with Gasteiger partial charge in [0.25, 0.3) is 0 Å². The minimum Gasteiger partial charge on any atom is -0.310 e. The number of likely N-dealkylation sites (tertiary alicyclic amines) is 1. The first-order valence-electron chi connectivity index (χ1n) is 7.03. The van der Waals surface area contributed by atoms with Gasteiger partial charge in [-0.2, -0.15) is 0 Å². The lowest BCUT2D eigenvalue weighted by atomic mass is 9.98. The number of piperidine rings is 1. The second kappa shape index (κ2) is 6.33. The van der Waals surface area contributed by atoms with Gasteiger partial charge in [-0.3, -0.25) is 9.88 Å². The summed E-state index contributed by atoms with van der Waals surface area (Å²) in [4.78, 5) is 6.77. The minimum absolute atomic E-state index is 0.305. The summed E-state index contributed by atoms with van der Waals surface area (Å²) in [6.07, 6.45) is 6.23. The number of hydrogen-bond acceptors (Lipinski definition) is 3. The van der Waals surface area contributed by atoms with Gasteiger partial charge in [0, 0.05) is 48.1 Å². The highest BCUT2D eigenvalue weighted by atomic mass is 79.9. The molecule has 0 aromatic carbocycles. The van der Waals surface area contributed by atoms with Crippen LogP contribution in [0.3, 0.4) is 0 Å². The van der Waals surface area contributed by atoms with Gasteiger partial charge >= 0.3 is 0 Å². The van der Waals surface area contributed by atoms with Crippen molar-refractivity contribution in [3.05, 3.63) is 28.5 Å². The molecule has 0 bridgehead atoms. The molecule has 1 N–H and O–H groups in total. The summed E-state index contributed by atoms with van der Waals surface area (Å²) in [5, 5.41) is 3.65. The van der Waals surface area contributed by atoms with Crippen molar-refractivity contribution in [2.45, 2.75) is 51.7 Å². The monoisotopic (exact) mass is 325 g/mol. The molecule has 0 saturated carbocycles. The molecular formula is C15H24BrN3. The van der Waals surface area contributed by atoms with Gasteiger partial charge in [0.1, 0.15) is 0 Å². The largest absolute Gasteiger partial charge is 0.310 e. The highest BCUT2D eigenvalue weighted by Gasteiger charge is 2.26. The molecule has 3 nitrogen and oxygen atoms in total. The summed E-state index contributed by atoms with van der Waals surface area (Å²) >= 11 is 3.46. The molecule has 0 unspecified atom stereocenters. The fourth-order valence-electron chi connectivity index (χ4n) is 2.57. The second-order valence-corrected chi connectivity index (χ2v) is 7.24. The van der Waals surface area contributed by atoms with Crippen molar-refractivity contribution < 1.29 is 0 Å². The topological polar surface area (TPSA) is 28.2 Å². The number of aromatic nitrogens is 1. The van der Waals surface area contributed by atoms with Gasteiger partial charge in [-0.25, -0.2) is 0 Å². The molecule has 1 aromatic heterocycles. The third-order valence-corrected chi connectivity index (χ3v) is 4.23. The van der Waals surface area contributed by atoms with E-state index in [9.17, 15) is 0 Å². The number of hydrogen-bond donors (Lipinski definition) is 1. The number of nitrogens with zero attached hydrogens (tertiary/aromatic N) is 2. The fraction of sp³-hybridized carbons (Fsp3) is 0.667. The number of nitrogens with one attached hydrogen (secondary N) is 1. The number of pyridine rings is 1. The molecule has 0 atom stereocenters. The molecule has 2 rings (SSSR count). The molecule has 106 valence electrons. The van der Waals surface area contributed by atoms with E-state index in [0.29, 0.717) is 11.6 Å². The van der Waals surface area contributed by atoms with Gasteiger partial charge in [-0.1, -0.05) is 0 Å². The molecule has 19 heavy (non-hydrogen) atoms. The number of rotatable bonds is 3. The van der Waals surface area contributed by atoms with Gasteiger partial charge < -0.3 is 5.32 Å². The van der Waals surface area contributed by atoms with Crippen LogP contribution in [0.5, 0.6) is 0 Å². The quantitative estimate of drug-likeness (QED) is 0.925. The van der Waals surface area contributed by atoms with Gasteiger partial charge in [-0.05, 0) is 61.2 Å². The van der Waals surface area contributed by atoms with Crippen molar-refractivity contribution in [1.82, 2.24) is 15.2 Å². The van der Waals surface area contributed by atoms with Crippen LogP contribution < -0.4 is 5.32 Å². The molecule has 1 fully saturated rings. The van der Waals surface area contributed by atoms with Crippen LogP contribution in [0, 0.1) is 0 Å². The Hall–Kier alpha value is -0.450. The molecule has 0 spiro atoms. The Morgan fingerprint density at radius 3 is 2.58 bits per heavy atom. The second-order valence-electron chi connectivity index (χ2n) is 6.32. The Morgan fingerprint density at radius 1 is 1.32 bits per heavy atom. The average molecular weight is 326 g/mol. The maximum absolute atomic E-state index is 4.20. The molecule has 4 heteroatoms. The fourth-order valence-corrected chi connectivity index (χ4v) is 2.98. The molecule has 1 aliphatic heterocycles. The van der Waals surface area contributed by atoms with Crippen molar-refractivity contribution in [1.29, 1.82) is 0 Å². The summed E-state index contributed by atoms with van der Waals surface area (Å²) in [5.41, 5.74) is 1.55. The molecule has 0 radical (unpaired) electrons. The highest BCUT2D eigenvalue weighted by Crippen LogP contribution is 2.20. The van der Waals surface area contributed by atoms with E-state index in [-0.39, 0.29) is 0 Å². The lowest BCUT2D eigenvalue weighted by Crippen LogP contribution is -2.49. The van der Waals surface area contributed by atoms with Crippen molar-refractivity contribution in [2.24, 2.45) is 0 Å². The van der Waals surface area contributed by atoms with Gasteiger partial charge in [0.05, 0.1) is 0 Å². The van der Waals surface area contributed by atoms with Crippen LogP contribution in [-0.2, 0) is 6.54 Å². The van der Waals surface area contributed by atoms with Crippen molar-refractivity contribution in [2.75, 3.05) is 13.1 Å². The van der Waals surface area contributed by atoms with Crippen molar-refractivity contribution in [3.8, 4) is 0 Å². The van der Waals surface area contributed by atoms with E-state index in [1.165, 1.54) is 31.5 Å². The Morgan fingerprint density at radius 2 is 2.00 bits per heavy atom. The first-order valence-corrected chi connectivity index (χ1v) is 7.82. The maximum Gasteiger partial charge on any atom is 0.0410 e. The maximum atomic E-state index is 4.20. The van der Waals surface area contributed by atoms with E-state index in [0.717, 1.165) is 11.0 Å². The first-order chi connectivity index (χ1) is 8.95. The van der Waals surface area contributed by atoms with Crippen LogP contribution in [0.25, 0.3) is 0 Å². The van der Waals surface area contributed by atoms with Crippen molar-refractivity contribution in [3.63, 3.8) is 0 Å². The molecule has 0 amide bonds. The SMILES string of the molecule is CC(C)(C)N1CCC(NCc2cncc(Br)c2)CC1. The Bertz CT molecular complexity index is 406. The number of halogens is 1. The zero-order valence-corrected chi connectivity index (χ0v) is 13.7. The van der Waals surface area contributed by atoms with Gasteiger partial charge in [0.15, 0.2) is 0 Å². The summed E-state index contributed by atoms with van der Waals surface area (Å²) in [7, 11) is 0. The zero-order valence-electron chi connectivity index (χ0n) is 12.1. The van der Waals surface area contributed by atoms with E-state index in [2.05, 4.69) is 58.0 Å². The van der Waals surface area contributed by atoms with Gasteiger partial charge in [0.2, 0.25) is 0 Å². The normalized spacial score (nSPS) is 18.7. The lowest BCUT2D eigenvalue weighted by molar-refractivity contribution is 0.0960. The summed E-state index contributed by atoms with van der Waals surface area (Å²) in [6, 6.07) is 2.77. The first kappa shape index (κ1) is 14.9. The van der Waals surface area contributed by atoms with Gasteiger partial charge in [-0.15, -0.1) is 0 Å². The molecular weight excluding hydrogens is 302 g/mol. The molecule has 0 aliphatic carbocycles. The molecule has 1 saturated heterocycles. The van der Waals surface area contributed by atoms with Crippen LogP contribution in [0.15, 0.2) is 22.9 Å². The molecule has 2 heterocycles. The van der Waals surface area contributed by atoms with Crippen LogP contribution in [0.4, 0.5) is 0 Å². The summed E-state index contributed by atoms with van der Waals surface area (Å²) in [5.74, 6) is 0. The Kier molecular flexibility index (Phi) is 4.98. The molecule has 1 aliphatic rings. The standard InChI is InChI=1S/C15H24BrN3/c1-15(2,3)19-6-4-14(5-7-19)18-10-12-8-13(16)11-17-9-12/h8-9,11,14,18H,4-7,10H2,1-3H3. The summed E-state index contributed by atoms with van der Waals surface area (Å²) < 4.78 is 1.05. The minimum atomic E-state index is 0.305. The van der Waals surface area contributed by atoms with Crippen LogP contribution in [-0.4, -0.2) is 34.6 Å². The van der Waals surface area contributed by atoms with Crippen LogP contribution in [0.1, 0.15) is 39.2 Å². The van der Waals surface area contributed by atoms with E-state index in [4.69, 9.17) is 0 Å². The summed E-state index contributed by atoms with van der Waals surface area (Å²) in [6.45, 7) is 10.2. The van der Waals surface area contributed by atoms with E-state index < -0.39 is 0 Å². The third-order valence-electron chi connectivity index (χ3n) is 3.80. The van der Waals surface area contributed by atoms with Crippen molar-refractivity contribution >= 4 is 15.9 Å². The third kappa shape index (κ3) is 4.55. The molecule has 1 aromatic rings. The highest BCUT2D eigenvalue weighted by molar-refractivity contribution is 9.10. The van der Waals surface area contributed by atoms with E-state index >= 15 is 0 Å².